The van der Waals surface area contributed by atoms with Gasteiger partial charge in [0.2, 0.25) is 10.0 Å². The van der Waals surface area contributed by atoms with Crippen molar-refractivity contribution in [2.24, 2.45) is 0 Å². The molecule has 3 N–H and O–H groups in total. The molecule has 1 aliphatic rings. The van der Waals surface area contributed by atoms with Crippen LogP contribution in [-0.2, 0) is 28.3 Å². The number of benzene rings is 2. The Morgan fingerprint density at radius 1 is 1.14 bits per heavy atom. The summed E-state index contributed by atoms with van der Waals surface area (Å²) in [5.74, 6) is -0.214. The summed E-state index contributed by atoms with van der Waals surface area (Å²) in [6, 6.07) is 12.5. The number of hydrogen-bond donors (Lipinski definition) is 3. The second-order valence-corrected chi connectivity index (χ2v) is 10.7. The van der Waals surface area contributed by atoms with Gasteiger partial charge in [0.05, 0.1) is 41.4 Å². The number of rotatable bonds is 7. The minimum absolute atomic E-state index is 0.0701. The molecule has 0 amide bonds. The van der Waals surface area contributed by atoms with Crippen molar-refractivity contribution in [3.63, 3.8) is 0 Å². The zero-order valence-corrected chi connectivity index (χ0v) is 19.7. The van der Waals surface area contributed by atoms with Crippen molar-refractivity contribution in [2.45, 2.75) is 50.2 Å². The van der Waals surface area contributed by atoms with Gasteiger partial charge < -0.3 is 10.4 Å². The third-order valence-electron chi connectivity index (χ3n) is 5.97. The molecule has 0 saturated carbocycles. The number of alkyl halides is 3. The highest BCUT2D eigenvalue weighted by Gasteiger charge is 2.41. The fraction of sp³-hybridized carbons (Fsp3) is 0.391. The molecule has 4 rings (SSSR count). The molecule has 0 aliphatic carbocycles. The molecule has 1 fully saturated rings. The Morgan fingerprint density at radius 3 is 2.49 bits per heavy atom. The maximum atomic E-state index is 12.9. The van der Waals surface area contributed by atoms with Gasteiger partial charge in [0.25, 0.3) is 0 Å². The van der Waals surface area contributed by atoms with Crippen LogP contribution in [0.5, 0.6) is 0 Å². The third kappa shape index (κ3) is 6.19. The molecule has 12 heteroatoms. The van der Waals surface area contributed by atoms with Crippen LogP contribution in [0, 0.1) is 0 Å². The molecule has 3 atom stereocenters. The lowest BCUT2D eigenvalue weighted by atomic mass is 9.78. The summed E-state index contributed by atoms with van der Waals surface area (Å²) < 4.78 is 67.4. The van der Waals surface area contributed by atoms with E-state index < -0.39 is 33.4 Å². The predicted octanol–water partition coefficient (Wildman–Crippen LogP) is 3.44. The van der Waals surface area contributed by atoms with E-state index in [2.05, 4.69) is 20.4 Å². The molecule has 1 aliphatic heterocycles. The fourth-order valence-electron chi connectivity index (χ4n) is 4.32. The Morgan fingerprint density at radius 2 is 1.83 bits per heavy atom. The van der Waals surface area contributed by atoms with E-state index in [1.165, 1.54) is 16.8 Å². The lowest BCUT2D eigenvalue weighted by Crippen LogP contribution is -2.47. The van der Waals surface area contributed by atoms with Crippen molar-refractivity contribution in [1.82, 2.24) is 20.3 Å². The predicted molar refractivity (Wildman–Crippen MR) is 124 cm³/mol. The first-order valence-electron chi connectivity index (χ1n) is 11.1. The number of aromatic nitrogens is 3. The third-order valence-corrected chi connectivity index (χ3v) is 7.24. The summed E-state index contributed by atoms with van der Waals surface area (Å²) >= 11 is 0. The maximum Gasteiger partial charge on any atom is 0.416 e. The summed E-state index contributed by atoms with van der Waals surface area (Å²) in [6.45, 7) is 1.94. The van der Waals surface area contributed by atoms with Gasteiger partial charge in [0, 0.05) is 18.2 Å². The van der Waals surface area contributed by atoms with Crippen molar-refractivity contribution in [1.29, 1.82) is 0 Å². The van der Waals surface area contributed by atoms with Crippen LogP contribution < -0.4 is 10.0 Å². The van der Waals surface area contributed by atoms with Gasteiger partial charge in [-0.15, -0.1) is 5.10 Å². The molecular formula is C23H26F3N5O3S. The van der Waals surface area contributed by atoms with Crippen LogP contribution in [0.15, 0.2) is 60.8 Å². The summed E-state index contributed by atoms with van der Waals surface area (Å²) in [7, 11) is -3.60. The zero-order valence-electron chi connectivity index (χ0n) is 18.9. The molecule has 35 heavy (non-hydrogen) atoms. The SMILES string of the molecule is C[C@H]1CC(O)(c2ccc(C(F)(F)F)cc2)C[C@@H](c2cn(CCS(=O)(=O)Nc3ccccc3)nn2)N1. The van der Waals surface area contributed by atoms with Crippen LogP contribution in [-0.4, -0.2) is 40.3 Å². The molecule has 1 aromatic heterocycles. The first-order valence-corrected chi connectivity index (χ1v) is 12.7. The summed E-state index contributed by atoms with van der Waals surface area (Å²) in [5.41, 5.74) is -0.756. The van der Waals surface area contributed by atoms with Crippen LogP contribution in [0.3, 0.4) is 0 Å². The van der Waals surface area contributed by atoms with Gasteiger partial charge in [0.15, 0.2) is 0 Å². The first kappa shape index (κ1) is 25.1. The molecule has 2 heterocycles. The largest absolute Gasteiger partial charge is 0.416 e. The second kappa shape index (κ2) is 9.59. The number of halogens is 3. The van der Waals surface area contributed by atoms with Crippen LogP contribution >= 0.6 is 0 Å². The molecule has 0 bridgehead atoms. The highest BCUT2D eigenvalue weighted by Crippen LogP contribution is 2.40. The molecule has 1 saturated heterocycles. The lowest BCUT2D eigenvalue weighted by Gasteiger charge is -2.40. The number of sulfonamides is 1. The Hall–Kier alpha value is -2.96. The van der Waals surface area contributed by atoms with Crippen molar-refractivity contribution < 1.29 is 26.7 Å². The number of hydrogen-bond acceptors (Lipinski definition) is 6. The minimum Gasteiger partial charge on any atom is -0.385 e. The summed E-state index contributed by atoms with van der Waals surface area (Å²) in [4.78, 5) is 0. The van der Waals surface area contributed by atoms with E-state index in [-0.39, 0.29) is 24.8 Å². The highest BCUT2D eigenvalue weighted by atomic mass is 32.2. The average molecular weight is 510 g/mol. The lowest BCUT2D eigenvalue weighted by molar-refractivity contribution is -0.137. The van der Waals surface area contributed by atoms with E-state index in [4.69, 9.17) is 0 Å². The molecule has 0 spiro atoms. The summed E-state index contributed by atoms with van der Waals surface area (Å²) in [5, 5.41) is 22.8. The van der Waals surface area contributed by atoms with Crippen molar-refractivity contribution in [2.75, 3.05) is 10.5 Å². The van der Waals surface area contributed by atoms with Gasteiger partial charge >= 0.3 is 6.18 Å². The smallest absolute Gasteiger partial charge is 0.385 e. The van der Waals surface area contributed by atoms with Crippen molar-refractivity contribution in [3.8, 4) is 0 Å². The van der Waals surface area contributed by atoms with E-state index in [9.17, 15) is 26.7 Å². The normalized spacial score (nSPS) is 23.2. The number of nitrogens with one attached hydrogen (secondary N) is 2. The number of para-hydroxylation sites is 1. The Labute approximate surface area is 201 Å². The van der Waals surface area contributed by atoms with Gasteiger partial charge in [0.1, 0.15) is 0 Å². The Bertz CT molecular complexity index is 1250. The molecule has 8 nitrogen and oxygen atoms in total. The van der Waals surface area contributed by atoms with E-state index in [0.29, 0.717) is 23.4 Å². The number of piperidine rings is 1. The molecule has 1 unspecified atom stereocenters. The number of anilines is 1. The quantitative estimate of drug-likeness (QED) is 0.450. The molecular weight excluding hydrogens is 483 g/mol. The van der Waals surface area contributed by atoms with Crippen LogP contribution in [0.4, 0.5) is 18.9 Å². The van der Waals surface area contributed by atoms with Gasteiger partial charge in [-0.3, -0.25) is 9.40 Å². The minimum atomic E-state index is -4.45. The molecule has 0 radical (unpaired) electrons. The van der Waals surface area contributed by atoms with Gasteiger partial charge in [-0.1, -0.05) is 35.5 Å². The fourth-order valence-corrected chi connectivity index (χ4v) is 5.34. The topological polar surface area (TPSA) is 109 Å². The molecule has 2 aromatic carbocycles. The first-order chi connectivity index (χ1) is 16.4. The Kier molecular flexibility index (Phi) is 6.89. The van der Waals surface area contributed by atoms with Crippen molar-refractivity contribution >= 4 is 15.7 Å². The second-order valence-electron chi connectivity index (χ2n) is 8.83. The van der Waals surface area contributed by atoms with Crippen LogP contribution in [0.1, 0.15) is 42.6 Å². The van der Waals surface area contributed by atoms with Crippen LogP contribution in [0.25, 0.3) is 0 Å². The number of nitrogens with zero attached hydrogens (tertiary/aromatic N) is 3. The van der Waals surface area contributed by atoms with Gasteiger partial charge in [-0.25, -0.2) is 8.42 Å². The van der Waals surface area contributed by atoms with E-state index in [0.717, 1.165) is 12.1 Å². The van der Waals surface area contributed by atoms with Crippen molar-refractivity contribution in [3.05, 3.63) is 77.6 Å². The van der Waals surface area contributed by atoms with Gasteiger partial charge in [-0.05, 0) is 43.2 Å². The summed E-state index contributed by atoms with van der Waals surface area (Å²) in [6.07, 6.45) is -2.35. The number of aryl methyl sites for hydroxylation is 1. The monoisotopic (exact) mass is 509 g/mol. The molecule has 3 aromatic rings. The van der Waals surface area contributed by atoms with E-state index in [1.807, 2.05) is 6.92 Å². The van der Waals surface area contributed by atoms with E-state index in [1.54, 1.807) is 36.5 Å². The average Bonchev–Trinajstić information content (AvgIpc) is 3.27. The Balaban J connectivity index is 1.43. The standard InChI is InChI=1S/C23H26F3N5O3S/c1-16-13-22(32,17-7-9-18(10-8-17)23(24,25)26)14-20(27-16)21-15-31(30-28-21)11-12-35(33,34)29-19-5-3-2-4-6-19/h2-10,15-16,20,27,29,32H,11-14H2,1H3/t16-,20-,22?/m0/s1. The number of aliphatic hydroxyl groups is 1. The highest BCUT2D eigenvalue weighted by molar-refractivity contribution is 7.92. The van der Waals surface area contributed by atoms with Crippen LogP contribution in [0.2, 0.25) is 0 Å². The zero-order chi connectivity index (χ0) is 25.3. The van der Waals surface area contributed by atoms with E-state index >= 15 is 0 Å². The van der Waals surface area contributed by atoms with Gasteiger partial charge in [-0.2, -0.15) is 13.2 Å². The maximum absolute atomic E-state index is 12.9. The molecule has 188 valence electrons.